The summed E-state index contributed by atoms with van der Waals surface area (Å²) in [6.07, 6.45) is 1.42. The van der Waals surface area contributed by atoms with E-state index in [1.807, 2.05) is 0 Å². The van der Waals surface area contributed by atoms with Crippen molar-refractivity contribution in [3.05, 3.63) is 0 Å². The van der Waals surface area contributed by atoms with Crippen LogP contribution in [-0.4, -0.2) is 24.5 Å². The summed E-state index contributed by atoms with van der Waals surface area (Å²) in [4.78, 5) is 13.2. The average molecular weight is 175 g/mol. The van der Waals surface area contributed by atoms with E-state index >= 15 is 0 Å². The summed E-state index contributed by atoms with van der Waals surface area (Å²) >= 11 is 0. The molecule has 0 aromatic heterocycles. The first-order valence-electron chi connectivity index (χ1n) is 3.78. The van der Waals surface area contributed by atoms with Gasteiger partial charge in [0.15, 0.2) is 6.04 Å². The number of hydrogen-bond donors (Lipinski definition) is 5. The van der Waals surface area contributed by atoms with Crippen LogP contribution in [0, 0.1) is 0 Å². The minimum Gasteiger partial charge on any atom is -0.365 e. The lowest BCUT2D eigenvalue weighted by Gasteiger charge is -2.00. The van der Waals surface area contributed by atoms with Gasteiger partial charge in [0.1, 0.15) is 0 Å². The molecule has 6 heteroatoms. The number of amides is 1. The second kappa shape index (κ2) is 5.36. The molecule has 0 saturated heterocycles. The van der Waals surface area contributed by atoms with Crippen LogP contribution in [0.1, 0.15) is 12.8 Å². The molecule has 0 bridgehead atoms. The van der Waals surface area contributed by atoms with Gasteiger partial charge < -0.3 is 11.5 Å². The van der Waals surface area contributed by atoms with Gasteiger partial charge >= 0.3 is 5.96 Å². The summed E-state index contributed by atoms with van der Waals surface area (Å²) in [7, 11) is 0. The van der Waals surface area contributed by atoms with Crippen LogP contribution in [0.15, 0.2) is 0 Å². The van der Waals surface area contributed by atoms with Gasteiger partial charge in [-0.1, -0.05) is 0 Å². The molecule has 0 spiro atoms. The van der Waals surface area contributed by atoms with E-state index in [0.717, 1.165) is 6.42 Å². The molecule has 0 aliphatic heterocycles. The van der Waals surface area contributed by atoms with Crippen LogP contribution in [0.25, 0.3) is 0 Å². The molecule has 0 rings (SSSR count). The smallest absolute Gasteiger partial charge is 0.338 e. The Morgan fingerprint density at radius 1 is 1.42 bits per heavy atom. The fourth-order valence-electron chi connectivity index (χ4n) is 0.723. The Morgan fingerprint density at radius 2 is 2.00 bits per heavy atom. The summed E-state index contributed by atoms with van der Waals surface area (Å²) < 4.78 is 0. The third-order valence-corrected chi connectivity index (χ3v) is 1.46. The summed E-state index contributed by atoms with van der Waals surface area (Å²) in [5.74, 6) is -0.186. The standard InChI is InChI=1S/C6H15N5O/c7-4(5(8)12)2-1-3-11-6(9)10/h4H,1-3,7H2,(H2,8,12)(H4,9,10,11)/p+2/t4-/m0/s1. The first-order valence-corrected chi connectivity index (χ1v) is 3.78. The van der Waals surface area contributed by atoms with Gasteiger partial charge in [0.2, 0.25) is 0 Å². The molecular formula is C6H17N5O+2. The van der Waals surface area contributed by atoms with E-state index in [4.69, 9.17) is 17.2 Å². The zero-order chi connectivity index (χ0) is 9.56. The molecule has 12 heavy (non-hydrogen) atoms. The first-order chi connectivity index (χ1) is 5.54. The Balaban J connectivity index is 3.44. The Kier molecular flexibility index (Phi) is 4.78. The summed E-state index contributed by atoms with van der Waals surface area (Å²) in [6, 6.07) is -0.328. The van der Waals surface area contributed by atoms with Gasteiger partial charge in [-0.15, -0.1) is 0 Å². The second-order valence-electron chi connectivity index (χ2n) is 2.62. The van der Waals surface area contributed by atoms with E-state index in [9.17, 15) is 4.79 Å². The molecule has 0 radical (unpaired) electrons. The highest BCUT2D eigenvalue weighted by atomic mass is 16.1. The largest absolute Gasteiger partial charge is 0.365 e. The molecule has 10 N–H and O–H groups in total. The van der Waals surface area contributed by atoms with E-state index in [0.29, 0.717) is 13.0 Å². The van der Waals surface area contributed by atoms with Gasteiger partial charge in [0.05, 0.1) is 6.54 Å². The van der Waals surface area contributed by atoms with Crippen LogP contribution in [-0.2, 0) is 4.79 Å². The van der Waals surface area contributed by atoms with Gasteiger partial charge in [-0.25, -0.2) is 0 Å². The lowest BCUT2D eigenvalue weighted by atomic mass is 10.1. The van der Waals surface area contributed by atoms with Crippen LogP contribution in [0.5, 0.6) is 0 Å². The van der Waals surface area contributed by atoms with E-state index in [1.54, 1.807) is 0 Å². The quantitative estimate of drug-likeness (QED) is 0.163. The molecule has 1 atom stereocenters. The van der Waals surface area contributed by atoms with E-state index < -0.39 is 0 Å². The minimum absolute atomic E-state index is 0.190. The number of guanidine groups is 1. The van der Waals surface area contributed by atoms with Crippen molar-refractivity contribution in [1.82, 2.24) is 0 Å². The Labute approximate surface area is 71.0 Å². The number of carbonyl (C=O) groups excluding carboxylic acids is 1. The Hall–Kier alpha value is -1.30. The summed E-state index contributed by atoms with van der Waals surface area (Å²) in [6.45, 7) is 0.641. The van der Waals surface area contributed by atoms with Crippen molar-refractivity contribution in [3.8, 4) is 0 Å². The molecule has 0 aromatic carbocycles. The molecule has 1 amide bonds. The molecule has 6 nitrogen and oxygen atoms in total. The molecule has 0 fully saturated rings. The molecule has 0 heterocycles. The average Bonchev–Trinajstić information content (AvgIpc) is 1.97. The summed E-state index contributed by atoms with van der Waals surface area (Å²) in [5.41, 5.74) is 18.9. The Bertz CT molecular complexity index is 175. The van der Waals surface area contributed by atoms with E-state index in [-0.39, 0.29) is 17.9 Å². The van der Waals surface area contributed by atoms with Crippen molar-refractivity contribution >= 4 is 11.9 Å². The Morgan fingerprint density at radius 3 is 2.42 bits per heavy atom. The lowest BCUT2D eigenvalue weighted by Crippen LogP contribution is -2.78. The topological polar surface area (TPSA) is 137 Å². The van der Waals surface area contributed by atoms with Gasteiger partial charge in [0.25, 0.3) is 5.91 Å². The maximum atomic E-state index is 10.5. The summed E-state index contributed by atoms with van der Waals surface area (Å²) in [5, 5.41) is 0. The highest BCUT2D eigenvalue weighted by Gasteiger charge is 2.11. The van der Waals surface area contributed by atoms with Crippen LogP contribution >= 0.6 is 0 Å². The van der Waals surface area contributed by atoms with Gasteiger partial charge in [0, 0.05) is 6.42 Å². The van der Waals surface area contributed by atoms with Gasteiger partial charge in [-0.3, -0.25) is 21.3 Å². The normalized spacial score (nSPS) is 12.1. The van der Waals surface area contributed by atoms with Crippen molar-refractivity contribution in [2.75, 3.05) is 6.54 Å². The second-order valence-corrected chi connectivity index (χ2v) is 2.62. The van der Waals surface area contributed by atoms with Crippen LogP contribution in [0.4, 0.5) is 0 Å². The number of primary amides is 1. The third kappa shape index (κ3) is 5.48. The zero-order valence-electron chi connectivity index (χ0n) is 7.05. The van der Waals surface area contributed by atoms with E-state index in [2.05, 4.69) is 10.7 Å². The SMILES string of the molecule is NC(=O)[C@@H]([NH3+])CCC[NH+]=C(N)N. The predicted octanol–water partition coefficient (Wildman–Crippen LogP) is -4.78. The molecule has 0 aliphatic rings. The molecule has 0 aromatic rings. The van der Waals surface area contributed by atoms with Crippen molar-refractivity contribution in [1.29, 1.82) is 0 Å². The first kappa shape index (κ1) is 10.7. The fraction of sp³-hybridized carbons (Fsp3) is 0.667. The van der Waals surface area contributed by atoms with Crippen LogP contribution < -0.4 is 27.9 Å². The number of nitrogens with one attached hydrogen (secondary N) is 1. The van der Waals surface area contributed by atoms with Crippen LogP contribution in [0.3, 0.4) is 0 Å². The van der Waals surface area contributed by atoms with Gasteiger partial charge in [-0.05, 0) is 6.42 Å². The van der Waals surface area contributed by atoms with E-state index in [1.165, 1.54) is 0 Å². The number of nitrogens with two attached hydrogens (primary N) is 3. The van der Waals surface area contributed by atoms with Crippen molar-refractivity contribution in [2.45, 2.75) is 18.9 Å². The van der Waals surface area contributed by atoms with Gasteiger partial charge in [-0.2, -0.15) is 0 Å². The predicted molar refractivity (Wildman–Crippen MR) is 44.3 cm³/mol. The van der Waals surface area contributed by atoms with Crippen molar-refractivity contribution < 1.29 is 15.5 Å². The van der Waals surface area contributed by atoms with Crippen molar-refractivity contribution in [3.63, 3.8) is 0 Å². The maximum absolute atomic E-state index is 10.5. The van der Waals surface area contributed by atoms with Crippen LogP contribution in [0.2, 0.25) is 0 Å². The molecule has 70 valence electrons. The number of quaternary nitrogens is 1. The monoisotopic (exact) mass is 175 g/mol. The highest BCUT2D eigenvalue weighted by Crippen LogP contribution is 1.87. The number of rotatable bonds is 5. The lowest BCUT2D eigenvalue weighted by molar-refractivity contribution is -0.463. The molecule has 0 aliphatic carbocycles. The highest BCUT2D eigenvalue weighted by molar-refractivity contribution is 5.78. The molecule has 0 saturated carbocycles. The molecular weight excluding hydrogens is 158 g/mol. The minimum atomic E-state index is -0.375. The third-order valence-electron chi connectivity index (χ3n) is 1.46. The molecule has 0 unspecified atom stereocenters. The van der Waals surface area contributed by atoms with Crippen molar-refractivity contribution in [2.24, 2.45) is 17.2 Å². The fourth-order valence-corrected chi connectivity index (χ4v) is 0.723. The number of carbonyl (C=O) groups is 1. The zero-order valence-corrected chi connectivity index (χ0v) is 7.05. The number of hydrogen-bond acceptors (Lipinski definition) is 1. The maximum Gasteiger partial charge on any atom is 0.338 e.